The zero-order valence-corrected chi connectivity index (χ0v) is 15.8. The number of likely N-dealkylation sites (N-methyl/N-ethyl adjacent to an activating group) is 1. The second-order valence-electron chi connectivity index (χ2n) is 6.26. The van der Waals surface area contributed by atoms with Gasteiger partial charge >= 0.3 is 0 Å². The summed E-state index contributed by atoms with van der Waals surface area (Å²) in [6.07, 6.45) is 5.51. The van der Waals surface area contributed by atoms with E-state index in [9.17, 15) is 8.42 Å². The fourth-order valence-corrected chi connectivity index (χ4v) is 4.71. The minimum Gasteiger partial charge on any atom is -0.360 e. The molecule has 2 heterocycles. The van der Waals surface area contributed by atoms with Gasteiger partial charge in [-0.3, -0.25) is 0 Å². The molecule has 0 bridgehead atoms. The van der Waals surface area contributed by atoms with Gasteiger partial charge in [-0.25, -0.2) is 13.1 Å². The number of benzene rings is 1. The first-order valence-corrected chi connectivity index (χ1v) is 10.2. The molecule has 1 aliphatic heterocycles. The van der Waals surface area contributed by atoms with Gasteiger partial charge in [0.1, 0.15) is 0 Å². The summed E-state index contributed by atoms with van der Waals surface area (Å²) in [7, 11) is 0.345. The molecule has 0 saturated carbocycles. The van der Waals surface area contributed by atoms with Gasteiger partial charge in [-0.2, -0.15) is 0 Å². The van der Waals surface area contributed by atoms with E-state index in [4.69, 9.17) is 0 Å². The summed E-state index contributed by atoms with van der Waals surface area (Å²) in [5.41, 5.74) is 3.08. The number of aromatic nitrogens is 1. The van der Waals surface area contributed by atoms with E-state index in [-0.39, 0.29) is 5.75 Å². The predicted octanol–water partition coefficient (Wildman–Crippen LogP) is 2.62. The first-order valence-electron chi connectivity index (χ1n) is 7.79. The molecule has 1 aromatic carbocycles. The number of aromatic amines is 1. The van der Waals surface area contributed by atoms with Crippen molar-refractivity contribution in [2.75, 3.05) is 20.6 Å². The average molecular weight is 400 g/mol. The molecule has 1 saturated heterocycles. The second-order valence-corrected chi connectivity index (χ2v) is 9.04. The van der Waals surface area contributed by atoms with Crippen molar-refractivity contribution in [2.24, 2.45) is 0 Å². The summed E-state index contributed by atoms with van der Waals surface area (Å²) in [5.74, 6) is -0.00795. The number of hydrogen-bond donors (Lipinski definition) is 2. The fraction of sp³-hybridized carbons (Fsp3) is 0.500. The van der Waals surface area contributed by atoms with Gasteiger partial charge in [0.05, 0.1) is 11.3 Å². The molecule has 23 heavy (non-hydrogen) atoms. The van der Waals surface area contributed by atoms with Gasteiger partial charge in [0, 0.05) is 22.1 Å². The maximum absolute atomic E-state index is 11.8. The Morgan fingerprint density at radius 3 is 2.87 bits per heavy atom. The Hall–Kier alpha value is -0.890. The van der Waals surface area contributed by atoms with Gasteiger partial charge < -0.3 is 9.88 Å². The molecule has 2 aromatic rings. The van der Waals surface area contributed by atoms with Crippen LogP contribution in [0.1, 0.15) is 24.0 Å². The molecule has 0 aliphatic carbocycles. The van der Waals surface area contributed by atoms with Gasteiger partial charge in [-0.05, 0) is 79.1 Å². The summed E-state index contributed by atoms with van der Waals surface area (Å²) in [6.45, 7) is 1.16. The SMILES string of the molecule is CNS(=O)(=O)Cc1cc(Br)c2[nH]cc(C[C@H]3CCCN3C)c2c1. The van der Waals surface area contributed by atoms with Crippen molar-refractivity contribution < 1.29 is 8.42 Å². The third-order valence-electron chi connectivity index (χ3n) is 4.68. The number of rotatable bonds is 5. The summed E-state index contributed by atoms with van der Waals surface area (Å²) < 4.78 is 26.9. The highest BCUT2D eigenvalue weighted by atomic mass is 79.9. The lowest BCUT2D eigenvalue weighted by Crippen LogP contribution is -2.26. The van der Waals surface area contributed by atoms with E-state index in [0.717, 1.165) is 33.9 Å². The smallest absolute Gasteiger partial charge is 0.215 e. The summed E-state index contributed by atoms with van der Waals surface area (Å²) in [4.78, 5) is 5.72. The monoisotopic (exact) mass is 399 g/mol. The van der Waals surface area contributed by atoms with Crippen LogP contribution in [0, 0.1) is 0 Å². The van der Waals surface area contributed by atoms with Crippen molar-refractivity contribution >= 4 is 36.9 Å². The molecule has 126 valence electrons. The van der Waals surface area contributed by atoms with Crippen molar-refractivity contribution in [2.45, 2.75) is 31.1 Å². The molecule has 0 amide bonds. The van der Waals surface area contributed by atoms with Crippen LogP contribution in [-0.4, -0.2) is 45.0 Å². The lowest BCUT2D eigenvalue weighted by molar-refractivity contribution is 0.310. The molecular formula is C16H22BrN3O2S. The molecule has 5 nitrogen and oxygen atoms in total. The molecule has 0 radical (unpaired) electrons. The Morgan fingerprint density at radius 2 is 2.22 bits per heavy atom. The summed E-state index contributed by atoms with van der Waals surface area (Å²) in [6, 6.07) is 4.44. The van der Waals surface area contributed by atoms with Crippen LogP contribution >= 0.6 is 15.9 Å². The Kier molecular flexibility index (Phi) is 4.83. The minimum atomic E-state index is -3.27. The maximum atomic E-state index is 11.8. The Morgan fingerprint density at radius 1 is 1.43 bits per heavy atom. The lowest BCUT2D eigenvalue weighted by atomic mass is 10.0. The van der Waals surface area contributed by atoms with E-state index in [2.05, 4.69) is 43.8 Å². The average Bonchev–Trinajstić information content (AvgIpc) is 3.07. The van der Waals surface area contributed by atoms with Gasteiger partial charge in [-0.15, -0.1) is 0 Å². The third-order valence-corrected chi connectivity index (χ3v) is 6.64. The van der Waals surface area contributed by atoms with E-state index in [1.807, 2.05) is 12.1 Å². The molecule has 1 fully saturated rings. The fourth-order valence-electron chi connectivity index (χ4n) is 3.33. The van der Waals surface area contributed by atoms with Gasteiger partial charge in [0.2, 0.25) is 10.0 Å². The highest BCUT2D eigenvalue weighted by molar-refractivity contribution is 9.10. The normalized spacial score (nSPS) is 19.7. The molecule has 7 heteroatoms. The highest BCUT2D eigenvalue weighted by Crippen LogP contribution is 2.30. The van der Waals surface area contributed by atoms with E-state index in [1.165, 1.54) is 25.5 Å². The maximum Gasteiger partial charge on any atom is 0.215 e. The predicted molar refractivity (Wildman–Crippen MR) is 97.0 cm³/mol. The first kappa shape index (κ1) is 17.0. The van der Waals surface area contributed by atoms with Crippen LogP contribution in [-0.2, 0) is 22.2 Å². The van der Waals surface area contributed by atoms with Crippen molar-refractivity contribution in [3.8, 4) is 0 Å². The van der Waals surface area contributed by atoms with Crippen molar-refractivity contribution in [1.82, 2.24) is 14.6 Å². The molecule has 0 unspecified atom stereocenters. The van der Waals surface area contributed by atoms with Crippen LogP contribution in [0.5, 0.6) is 0 Å². The Labute approximate surface area is 145 Å². The van der Waals surface area contributed by atoms with Crippen molar-refractivity contribution in [1.29, 1.82) is 0 Å². The molecule has 1 aromatic heterocycles. The Bertz CT molecular complexity index is 816. The number of sulfonamides is 1. The number of likely N-dealkylation sites (tertiary alicyclic amines) is 1. The van der Waals surface area contributed by atoms with Gasteiger partial charge in [0.25, 0.3) is 0 Å². The lowest BCUT2D eigenvalue weighted by Gasteiger charge is -2.18. The summed E-state index contributed by atoms with van der Waals surface area (Å²) >= 11 is 3.56. The number of hydrogen-bond acceptors (Lipinski definition) is 3. The molecule has 3 rings (SSSR count). The van der Waals surface area contributed by atoms with Crippen LogP contribution in [0.3, 0.4) is 0 Å². The van der Waals surface area contributed by atoms with Crippen molar-refractivity contribution in [3.05, 3.63) is 33.9 Å². The Balaban J connectivity index is 1.95. The molecule has 1 aliphatic rings. The van der Waals surface area contributed by atoms with E-state index in [1.54, 1.807) is 0 Å². The van der Waals surface area contributed by atoms with Crippen LogP contribution in [0.4, 0.5) is 0 Å². The largest absolute Gasteiger partial charge is 0.360 e. The van der Waals surface area contributed by atoms with Gasteiger partial charge in [-0.1, -0.05) is 0 Å². The molecule has 1 atom stereocenters. The third kappa shape index (κ3) is 3.63. The van der Waals surface area contributed by atoms with Crippen LogP contribution in [0.2, 0.25) is 0 Å². The quantitative estimate of drug-likeness (QED) is 0.811. The molecular weight excluding hydrogens is 378 g/mol. The number of nitrogens with one attached hydrogen (secondary N) is 2. The topological polar surface area (TPSA) is 65.2 Å². The highest BCUT2D eigenvalue weighted by Gasteiger charge is 2.22. The van der Waals surface area contributed by atoms with Crippen molar-refractivity contribution in [3.63, 3.8) is 0 Å². The molecule has 0 spiro atoms. The van der Waals surface area contributed by atoms with Crippen LogP contribution in [0.25, 0.3) is 10.9 Å². The van der Waals surface area contributed by atoms with Crippen LogP contribution < -0.4 is 4.72 Å². The first-order chi connectivity index (χ1) is 10.9. The van der Waals surface area contributed by atoms with Gasteiger partial charge in [0.15, 0.2) is 0 Å². The van der Waals surface area contributed by atoms with E-state index >= 15 is 0 Å². The zero-order chi connectivity index (χ0) is 16.6. The molecule has 2 N–H and O–H groups in total. The number of nitrogens with zero attached hydrogens (tertiary/aromatic N) is 1. The second kappa shape index (κ2) is 6.55. The standard InChI is InChI=1S/C16H22BrN3O2S/c1-18-23(21,22)10-11-6-14-12(8-13-4-3-5-20(13)2)9-19-16(14)15(17)7-11/h6-7,9,13,18-19H,3-5,8,10H2,1-2H3/t13-/m1/s1. The summed E-state index contributed by atoms with van der Waals surface area (Å²) in [5, 5.41) is 1.11. The zero-order valence-electron chi connectivity index (χ0n) is 13.4. The van der Waals surface area contributed by atoms with E-state index in [0.29, 0.717) is 6.04 Å². The number of fused-ring (bicyclic) bond motifs is 1. The minimum absolute atomic E-state index is 0.00795. The van der Waals surface area contributed by atoms with E-state index < -0.39 is 10.0 Å². The van der Waals surface area contributed by atoms with Crippen LogP contribution in [0.15, 0.2) is 22.8 Å². The number of H-pyrrole nitrogens is 1. The number of halogens is 1.